The summed E-state index contributed by atoms with van der Waals surface area (Å²) in [6, 6.07) is 29.9. The van der Waals surface area contributed by atoms with Crippen LogP contribution in [0.15, 0.2) is 127 Å². The summed E-state index contributed by atoms with van der Waals surface area (Å²) in [6.07, 6.45) is -0.837. The maximum absolute atomic E-state index is 14.6. The second-order valence-electron chi connectivity index (χ2n) is 12.4. The van der Waals surface area contributed by atoms with Crippen molar-refractivity contribution in [3.05, 3.63) is 153 Å². The zero-order chi connectivity index (χ0) is 38.9. The molecule has 55 heavy (non-hydrogen) atoms. The Bertz CT molecular complexity index is 2250. The van der Waals surface area contributed by atoms with Gasteiger partial charge >= 0.3 is 12.1 Å². The number of carbonyl (C=O) groups is 4. The molecule has 0 aliphatic carbocycles. The SMILES string of the molecule is CC(=O)N(c1cccs1)C1C(=O)N2C=C(OC(=O)Oc3cc(Cl)ccc3Oc3ccc(Cl)cc3Cl)C(C)(C(=O)OC(c3ccccc3)c3ccccc3)S[C@H]12. The number of anilines is 1. The second-order valence-corrected chi connectivity index (χ2v) is 16.1. The first kappa shape index (κ1) is 38.3. The average molecular weight is 836 g/mol. The molecule has 10 nitrogen and oxygen atoms in total. The fourth-order valence-electron chi connectivity index (χ4n) is 6.01. The Hall–Kier alpha value is -4.98. The maximum Gasteiger partial charge on any atom is 0.519 e. The molecule has 1 saturated heterocycles. The van der Waals surface area contributed by atoms with Gasteiger partial charge in [-0.25, -0.2) is 4.79 Å². The van der Waals surface area contributed by atoms with Gasteiger partial charge in [-0.1, -0.05) is 95.5 Å². The number of ether oxygens (including phenoxy) is 4. The van der Waals surface area contributed by atoms with Gasteiger partial charge in [-0.05, 0) is 65.9 Å². The highest BCUT2D eigenvalue weighted by atomic mass is 35.5. The first-order valence-corrected chi connectivity index (χ1v) is 19.5. The Balaban J connectivity index is 1.22. The van der Waals surface area contributed by atoms with Gasteiger partial charge in [-0.3, -0.25) is 24.2 Å². The lowest BCUT2D eigenvalue weighted by Crippen LogP contribution is -2.71. The van der Waals surface area contributed by atoms with Crippen LogP contribution in [-0.4, -0.2) is 45.0 Å². The molecule has 7 rings (SSSR count). The number of thiophene rings is 1. The summed E-state index contributed by atoms with van der Waals surface area (Å²) in [5, 5.41) is 2.43. The first-order chi connectivity index (χ1) is 26.4. The lowest BCUT2D eigenvalue weighted by Gasteiger charge is -2.53. The van der Waals surface area contributed by atoms with Crippen molar-refractivity contribution in [1.82, 2.24) is 4.90 Å². The van der Waals surface area contributed by atoms with Crippen LogP contribution in [0, 0.1) is 0 Å². The fourth-order valence-corrected chi connectivity index (χ4v) is 8.91. The summed E-state index contributed by atoms with van der Waals surface area (Å²) in [7, 11) is 0. The summed E-state index contributed by atoms with van der Waals surface area (Å²) in [4.78, 5) is 57.7. The maximum atomic E-state index is 14.6. The third kappa shape index (κ3) is 7.91. The quantitative estimate of drug-likeness (QED) is 0.0771. The van der Waals surface area contributed by atoms with Gasteiger partial charge in [-0.15, -0.1) is 23.1 Å². The number of halogens is 3. The molecular weight excluding hydrogens is 807 g/mol. The normalized spacial score (nSPS) is 18.8. The van der Waals surface area contributed by atoms with Gasteiger partial charge in [0.2, 0.25) is 5.91 Å². The largest absolute Gasteiger partial charge is 0.519 e. The molecular formula is C40H29Cl3N2O8S2. The van der Waals surface area contributed by atoms with Crippen LogP contribution in [0.25, 0.3) is 0 Å². The van der Waals surface area contributed by atoms with Crippen LogP contribution in [0.4, 0.5) is 9.80 Å². The molecule has 4 aromatic carbocycles. The van der Waals surface area contributed by atoms with Crippen LogP contribution in [0.1, 0.15) is 31.1 Å². The molecule has 2 amide bonds. The summed E-state index contributed by atoms with van der Waals surface area (Å²) in [6.45, 7) is 2.90. The lowest BCUT2D eigenvalue weighted by molar-refractivity contribution is -0.151. The van der Waals surface area contributed by atoms with E-state index in [2.05, 4.69) is 0 Å². The highest BCUT2D eigenvalue weighted by Gasteiger charge is 2.61. The van der Waals surface area contributed by atoms with Gasteiger partial charge in [0.25, 0.3) is 5.91 Å². The minimum atomic E-state index is -1.75. The highest BCUT2D eigenvalue weighted by molar-refractivity contribution is 8.02. The van der Waals surface area contributed by atoms with Gasteiger partial charge in [-0.2, -0.15) is 0 Å². The predicted octanol–water partition coefficient (Wildman–Crippen LogP) is 10.3. The number of nitrogens with zero attached hydrogens (tertiary/aromatic N) is 2. The molecule has 0 bridgehead atoms. The third-order valence-electron chi connectivity index (χ3n) is 8.72. The third-order valence-corrected chi connectivity index (χ3v) is 11.9. The van der Waals surface area contributed by atoms with Gasteiger partial charge in [0, 0.05) is 29.2 Å². The average Bonchev–Trinajstić information content (AvgIpc) is 3.70. The number of amides is 2. The molecule has 1 fully saturated rings. The Morgan fingerprint density at radius 3 is 2.04 bits per heavy atom. The number of thioether (sulfide) groups is 1. The molecule has 3 atom stereocenters. The van der Waals surface area contributed by atoms with E-state index in [0.29, 0.717) is 21.2 Å². The van der Waals surface area contributed by atoms with Crippen molar-refractivity contribution in [1.29, 1.82) is 0 Å². The second kappa shape index (κ2) is 16.0. The van der Waals surface area contributed by atoms with E-state index in [9.17, 15) is 19.2 Å². The van der Waals surface area contributed by atoms with Gasteiger partial charge in [0.15, 0.2) is 28.1 Å². The van der Waals surface area contributed by atoms with Crippen LogP contribution in [0.3, 0.4) is 0 Å². The number of esters is 1. The van der Waals surface area contributed by atoms with E-state index in [-0.39, 0.29) is 39.0 Å². The number of rotatable bonds is 10. The number of β-lactam (4-membered cyclic amide) rings is 1. The van der Waals surface area contributed by atoms with Crippen molar-refractivity contribution < 1.29 is 38.1 Å². The summed E-state index contributed by atoms with van der Waals surface area (Å²) >= 11 is 20.9. The van der Waals surface area contributed by atoms with Crippen LogP contribution in [0.5, 0.6) is 17.2 Å². The van der Waals surface area contributed by atoms with Crippen molar-refractivity contribution >= 4 is 86.8 Å². The standard InChI is InChI=1S/C40H29Cl3N2O8S2/c1-23(46)45(33-14-9-19-54-33)34-36(47)44-22-32(52-39(49)51-31-21-27(42)16-18-30(31)50-29-17-15-26(41)20-28(29)43)40(2,55-37(34)44)38(48)53-35(24-10-5-3-6-11-24)25-12-7-4-8-13-25/h3-22,34-35,37H,1-2H3/t34?,37-,40?/m1/s1. The summed E-state index contributed by atoms with van der Waals surface area (Å²) < 4.78 is 21.9. The summed E-state index contributed by atoms with van der Waals surface area (Å²) in [5.41, 5.74) is 1.40. The lowest BCUT2D eigenvalue weighted by atomic mass is 10.0. The highest BCUT2D eigenvalue weighted by Crippen LogP contribution is 2.51. The zero-order valence-corrected chi connectivity index (χ0v) is 32.8. The molecule has 2 unspecified atom stereocenters. The van der Waals surface area contributed by atoms with Crippen molar-refractivity contribution in [2.75, 3.05) is 4.90 Å². The van der Waals surface area contributed by atoms with E-state index in [1.54, 1.807) is 29.6 Å². The number of carbonyl (C=O) groups excluding carboxylic acids is 4. The fraction of sp³-hybridized carbons (Fsp3) is 0.150. The van der Waals surface area contributed by atoms with Gasteiger partial charge < -0.3 is 18.9 Å². The summed E-state index contributed by atoms with van der Waals surface area (Å²) in [5.74, 6) is -1.66. The van der Waals surface area contributed by atoms with Crippen LogP contribution < -0.4 is 14.4 Å². The molecule has 0 spiro atoms. The van der Waals surface area contributed by atoms with Crippen molar-refractivity contribution in [2.45, 2.75) is 36.1 Å². The number of fused-ring (bicyclic) bond motifs is 1. The van der Waals surface area contributed by atoms with E-state index in [1.165, 1.54) is 65.4 Å². The molecule has 0 saturated carbocycles. The minimum Gasteiger partial charge on any atom is -0.452 e. The Kier molecular flexibility index (Phi) is 11.2. The molecule has 3 heterocycles. The molecule has 2 aliphatic rings. The number of benzene rings is 4. The molecule has 0 radical (unpaired) electrons. The Labute approximate surface area is 339 Å². The van der Waals surface area contributed by atoms with Crippen LogP contribution >= 0.6 is 57.9 Å². The monoisotopic (exact) mass is 834 g/mol. The van der Waals surface area contributed by atoms with E-state index in [0.717, 1.165) is 11.8 Å². The minimum absolute atomic E-state index is 0.0621. The first-order valence-electron chi connectivity index (χ1n) is 16.6. The van der Waals surface area contributed by atoms with E-state index in [1.807, 2.05) is 60.7 Å². The van der Waals surface area contributed by atoms with Gasteiger partial charge in [0.05, 0.1) is 10.0 Å². The smallest absolute Gasteiger partial charge is 0.452 e. The topological polar surface area (TPSA) is 112 Å². The predicted molar refractivity (Wildman–Crippen MR) is 212 cm³/mol. The number of hydrogen-bond acceptors (Lipinski definition) is 10. The van der Waals surface area contributed by atoms with Crippen LogP contribution in [-0.2, 0) is 23.9 Å². The Morgan fingerprint density at radius 1 is 0.800 bits per heavy atom. The van der Waals surface area contributed by atoms with Gasteiger partial charge in [0.1, 0.15) is 17.2 Å². The molecule has 1 aromatic heterocycles. The van der Waals surface area contributed by atoms with Crippen molar-refractivity contribution in [3.8, 4) is 17.2 Å². The van der Waals surface area contributed by atoms with E-state index < -0.39 is 40.3 Å². The van der Waals surface area contributed by atoms with Crippen LogP contribution in [0.2, 0.25) is 15.1 Å². The Morgan fingerprint density at radius 2 is 1.44 bits per heavy atom. The molecule has 15 heteroatoms. The number of hydrogen-bond donors (Lipinski definition) is 0. The molecule has 2 aliphatic heterocycles. The molecule has 5 aromatic rings. The van der Waals surface area contributed by atoms with Crippen molar-refractivity contribution in [2.24, 2.45) is 0 Å². The van der Waals surface area contributed by atoms with Crippen molar-refractivity contribution in [3.63, 3.8) is 0 Å². The van der Waals surface area contributed by atoms with E-state index >= 15 is 0 Å². The van der Waals surface area contributed by atoms with E-state index in [4.69, 9.17) is 53.8 Å². The molecule has 0 N–H and O–H groups in total. The zero-order valence-electron chi connectivity index (χ0n) is 28.9. The molecule has 280 valence electrons.